The van der Waals surface area contributed by atoms with Gasteiger partial charge in [0.2, 0.25) is 5.82 Å². The normalized spacial score (nSPS) is 19.4. The molecule has 1 fully saturated rings. The maximum Gasteiger partial charge on any atom is 0.305 e. The van der Waals surface area contributed by atoms with Crippen molar-refractivity contribution in [3.8, 4) is 0 Å². The van der Waals surface area contributed by atoms with Gasteiger partial charge in [-0.3, -0.25) is 14.7 Å². The first-order valence-electron chi connectivity index (χ1n) is 6.94. The minimum Gasteiger partial charge on any atom is -0.481 e. The van der Waals surface area contributed by atoms with Gasteiger partial charge in [0, 0.05) is 18.5 Å². The Morgan fingerprint density at radius 2 is 2.20 bits per heavy atom. The Hall–Kier alpha value is -1.92. The molecule has 110 valence electrons. The van der Waals surface area contributed by atoms with Crippen LogP contribution >= 0.6 is 0 Å². The molecule has 7 heteroatoms. The van der Waals surface area contributed by atoms with Gasteiger partial charge in [-0.15, -0.1) is 5.10 Å². The van der Waals surface area contributed by atoms with Crippen LogP contribution in [0.2, 0.25) is 0 Å². The molecule has 2 N–H and O–H groups in total. The lowest BCUT2D eigenvalue weighted by molar-refractivity contribution is -0.138. The quantitative estimate of drug-likeness (QED) is 0.868. The number of carboxylic acids is 1. The van der Waals surface area contributed by atoms with Crippen LogP contribution in [0.25, 0.3) is 0 Å². The van der Waals surface area contributed by atoms with Gasteiger partial charge in [-0.05, 0) is 19.3 Å². The number of amides is 1. The average Bonchev–Trinajstić information content (AvgIpc) is 2.87. The Morgan fingerprint density at radius 1 is 1.45 bits per heavy atom. The number of aromatic nitrogens is 3. The summed E-state index contributed by atoms with van der Waals surface area (Å²) in [6.45, 7) is 4.49. The van der Waals surface area contributed by atoms with Crippen molar-refractivity contribution >= 4 is 11.9 Å². The largest absolute Gasteiger partial charge is 0.481 e. The maximum absolute atomic E-state index is 12.4. The molecular weight excluding hydrogens is 260 g/mol. The van der Waals surface area contributed by atoms with Gasteiger partial charge in [-0.2, -0.15) is 0 Å². The van der Waals surface area contributed by atoms with E-state index in [1.807, 2.05) is 13.8 Å². The molecule has 1 atom stereocenters. The molecule has 0 bridgehead atoms. The molecule has 0 radical (unpaired) electrons. The molecular formula is C13H20N4O3. The van der Waals surface area contributed by atoms with Crippen LogP contribution in [-0.4, -0.2) is 49.7 Å². The van der Waals surface area contributed by atoms with Crippen LogP contribution in [0.15, 0.2) is 0 Å². The first-order valence-corrected chi connectivity index (χ1v) is 6.94. The van der Waals surface area contributed by atoms with Gasteiger partial charge in [0.15, 0.2) is 0 Å². The van der Waals surface area contributed by atoms with Crippen molar-refractivity contribution in [1.82, 2.24) is 20.1 Å². The third-order valence-electron chi connectivity index (χ3n) is 3.54. The van der Waals surface area contributed by atoms with Gasteiger partial charge in [-0.25, -0.2) is 4.98 Å². The molecule has 0 aliphatic carbocycles. The van der Waals surface area contributed by atoms with Crippen LogP contribution in [0.3, 0.4) is 0 Å². The number of carbonyl (C=O) groups excluding carboxylic acids is 1. The van der Waals surface area contributed by atoms with E-state index in [0.717, 1.165) is 19.3 Å². The highest BCUT2D eigenvalue weighted by Crippen LogP contribution is 2.21. The Bertz CT molecular complexity index is 498. The van der Waals surface area contributed by atoms with Crippen molar-refractivity contribution in [2.24, 2.45) is 0 Å². The van der Waals surface area contributed by atoms with Crippen LogP contribution < -0.4 is 0 Å². The van der Waals surface area contributed by atoms with E-state index in [0.29, 0.717) is 12.4 Å². The second-order valence-corrected chi connectivity index (χ2v) is 5.44. The standard InChI is InChI=1S/C13H20N4O3/c1-8(2)11-14-12(16-15-11)13(20)17-6-4-3-5-9(17)7-10(18)19/h8-9H,3-7H2,1-2H3,(H,18,19)(H,14,15,16). The van der Waals surface area contributed by atoms with Crippen molar-refractivity contribution in [2.75, 3.05) is 6.54 Å². The Balaban J connectivity index is 2.13. The smallest absolute Gasteiger partial charge is 0.305 e. The Kier molecular flexibility index (Phi) is 4.36. The maximum atomic E-state index is 12.4. The number of carboxylic acid groups (broad SMARTS) is 1. The molecule has 20 heavy (non-hydrogen) atoms. The van der Waals surface area contributed by atoms with Crippen molar-refractivity contribution in [1.29, 1.82) is 0 Å². The predicted octanol–water partition coefficient (Wildman–Crippen LogP) is 1.40. The third kappa shape index (κ3) is 3.15. The fraction of sp³-hybridized carbons (Fsp3) is 0.692. The molecule has 1 amide bonds. The lowest BCUT2D eigenvalue weighted by atomic mass is 9.99. The van der Waals surface area contributed by atoms with E-state index in [-0.39, 0.29) is 30.1 Å². The lowest BCUT2D eigenvalue weighted by Crippen LogP contribution is -2.45. The van der Waals surface area contributed by atoms with E-state index >= 15 is 0 Å². The van der Waals surface area contributed by atoms with Gasteiger partial charge in [0.05, 0.1) is 6.42 Å². The summed E-state index contributed by atoms with van der Waals surface area (Å²) in [7, 11) is 0. The van der Waals surface area contributed by atoms with Crippen LogP contribution in [0.5, 0.6) is 0 Å². The van der Waals surface area contributed by atoms with Crippen molar-refractivity contribution in [2.45, 2.75) is 51.5 Å². The summed E-state index contributed by atoms with van der Waals surface area (Å²) in [4.78, 5) is 29.1. The fourth-order valence-corrected chi connectivity index (χ4v) is 2.44. The number of carbonyl (C=O) groups is 2. The summed E-state index contributed by atoms with van der Waals surface area (Å²) in [5.74, 6) is -0.196. The molecule has 1 saturated heterocycles. The molecule has 0 aromatic carbocycles. The van der Waals surface area contributed by atoms with Crippen LogP contribution in [0.4, 0.5) is 0 Å². The van der Waals surface area contributed by atoms with E-state index in [9.17, 15) is 9.59 Å². The number of aliphatic carboxylic acids is 1. The number of nitrogens with zero attached hydrogens (tertiary/aromatic N) is 3. The van der Waals surface area contributed by atoms with E-state index < -0.39 is 5.97 Å². The summed E-state index contributed by atoms with van der Waals surface area (Å²) >= 11 is 0. The van der Waals surface area contributed by atoms with E-state index in [4.69, 9.17) is 5.11 Å². The molecule has 1 aromatic rings. The topological polar surface area (TPSA) is 99.2 Å². The summed E-state index contributed by atoms with van der Waals surface area (Å²) in [6.07, 6.45) is 2.54. The molecule has 1 unspecified atom stereocenters. The van der Waals surface area contributed by atoms with E-state index in [1.165, 1.54) is 0 Å². The van der Waals surface area contributed by atoms with Gasteiger partial charge in [-0.1, -0.05) is 13.8 Å². The highest BCUT2D eigenvalue weighted by atomic mass is 16.4. The number of hydrogen-bond acceptors (Lipinski definition) is 4. The van der Waals surface area contributed by atoms with Crippen LogP contribution in [0, 0.1) is 0 Å². The zero-order valence-corrected chi connectivity index (χ0v) is 11.8. The monoisotopic (exact) mass is 280 g/mol. The van der Waals surface area contributed by atoms with Gasteiger partial charge < -0.3 is 10.0 Å². The molecule has 0 saturated carbocycles. The van der Waals surface area contributed by atoms with E-state index in [2.05, 4.69) is 15.2 Å². The molecule has 0 spiro atoms. The number of hydrogen-bond donors (Lipinski definition) is 2. The number of aromatic amines is 1. The van der Waals surface area contributed by atoms with Crippen LogP contribution in [0.1, 0.15) is 61.9 Å². The van der Waals surface area contributed by atoms with Gasteiger partial charge >= 0.3 is 5.97 Å². The number of rotatable bonds is 4. The minimum atomic E-state index is -0.882. The summed E-state index contributed by atoms with van der Waals surface area (Å²) in [6, 6.07) is -0.255. The summed E-state index contributed by atoms with van der Waals surface area (Å²) in [5, 5.41) is 15.6. The average molecular weight is 280 g/mol. The molecule has 2 rings (SSSR count). The van der Waals surface area contributed by atoms with Gasteiger partial charge in [0.1, 0.15) is 5.82 Å². The zero-order valence-electron chi connectivity index (χ0n) is 11.8. The summed E-state index contributed by atoms with van der Waals surface area (Å²) in [5.41, 5.74) is 0. The SMILES string of the molecule is CC(C)c1nc(C(=O)N2CCCCC2CC(=O)O)n[nH]1. The second-order valence-electron chi connectivity index (χ2n) is 5.44. The lowest BCUT2D eigenvalue weighted by Gasteiger charge is -2.34. The summed E-state index contributed by atoms with van der Waals surface area (Å²) < 4.78 is 0. The number of H-pyrrole nitrogens is 1. The molecule has 1 aliphatic rings. The van der Waals surface area contributed by atoms with Crippen molar-refractivity contribution in [3.63, 3.8) is 0 Å². The third-order valence-corrected chi connectivity index (χ3v) is 3.54. The predicted molar refractivity (Wildman–Crippen MR) is 71.4 cm³/mol. The highest BCUT2D eigenvalue weighted by Gasteiger charge is 2.31. The molecule has 2 heterocycles. The first-order chi connectivity index (χ1) is 9.49. The number of nitrogens with one attached hydrogen (secondary N) is 1. The second kappa shape index (κ2) is 6.02. The van der Waals surface area contributed by atoms with E-state index in [1.54, 1.807) is 4.90 Å². The van der Waals surface area contributed by atoms with Crippen LogP contribution in [-0.2, 0) is 4.79 Å². The Labute approximate surface area is 117 Å². The molecule has 1 aliphatic heterocycles. The first kappa shape index (κ1) is 14.5. The number of piperidine rings is 1. The fourth-order valence-electron chi connectivity index (χ4n) is 2.44. The number of likely N-dealkylation sites (tertiary alicyclic amines) is 1. The van der Waals surface area contributed by atoms with Crippen molar-refractivity contribution < 1.29 is 14.7 Å². The van der Waals surface area contributed by atoms with Gasteiger partial charge in [0.25, 0.3) is 5.91 Å². The minimum absolute atomic E-state index is 0.0206. The zero-order chi connectivity index (χ0) is 14.7. The highest BCUT2D eigenvalue weighted by molar-refractivity contribution is 5.91. The molecule has 1 aromatic heterocycles. The Morgan fingerprint density at radius 3 is 2.80 bits per heavy atom. The molecule has 7 nitrogen and oxygen atoms in total. The van der Waals surface area contributed by atoms with Crippen molar-refractivity contribution in [3.05, 3.63) is 11.6 Å².